The van der Waals surface area contributed by atoms with Crippen molar-refractivity contribution in [1.82, 2.24) is 14.9 Å². The van der Waals surface area contributed by atoms with E-state index in [0.717, 1.165) is 28.5 Å². The van der Waals surface area contributed by atoms with Crippen molar-refractivity contribution < 1.29 is 0 Å². The summed E-state index contributed by atoms with van der Waals surface area (Å²) in [4.78, 5) is 11.1. The largest absolute Gasteiger partial charge is 0.349 e. The van der Waals surface area contributed by atoms with Crippen molar-refractivity contribution in [3.63, 3.8) is 0 Å². The summed E-state index contributed by atoms with van der Waals surface area (Å²) in [6.07, 6.45) is 1.86. The second-order valence-electron chi connectivity index (χ2n) is 4.43. The third-order valence-corrected chi connectivity index (χ3v) is 3.60. The van der Waals surface area contributed by atoms with E-state index in [2.05, 4.69) is 43.2 Å². The number of hydrogen-bond acceptors (Lipinski definition) is 4. The zero-order valence-corrected chi connectivity index (χ0v) is 11.1. The Balaban J connectivity index is 1.88. The molecule has 1 N–H and O–H groups in total. The van der Waals surface area contributed by atoms with E-state index in [-0.39, 0.29) is 0 Å². The molecule has 2 heterocycles. The number of halogens is 1. The summed E-state index contributed by atoms with van der Waals surface area (Å²) in [7, 11) is 2.11. The van der Waals surface area contributed by atoms with Crippen LogP contribution in [0.1, 0.15) is 0 Å². The molecule has 1 aliphatic heterocycles. The molecule has 0 aliphatic carbocycles. The maximum atomic E-state index is 4.53. The van der Waals surface area contributed by atoms with Crippen LogP contribution in [-0.2, 0) is 0 Å². The first-order valence-electron chi connectivity index (χ1n) is 5.59. The average Bonchev–Trinajstić information content (AvgIpc) is 2.28. The Hall–Kier alpha value is -1.20. The summed E-state index contributed by atoms with van der Waals surface area (Å²) in [5.41, 5.74) is 0.956. The van der Waals surface area contributed by atoms with Crippen molar-refractivity contribution in [3.8, 4) is 0 Å². The highest BCUT2D eigenvalue weighted by atomic mass is 79.9. The van der Waals surface area contributed by atoms with Crippen LogP contribution in [-0.4, -0.2) is 41.0 Å². The Labute approximate surface area is 108 Å². The molecule has 0 saturated carbocycles. The van der Waals surface area contributed by atoms with E-state index in [1.807, 2.05) is 24.4 Å². The molecular weight excluding hydrogens is 280 g/mol. The molecule has 0 amide bonds. The Morgan fingerprint density at radius 1 is 1.41 bits per heavy atom. The van der Waals surface area contributed by atoms with Crippen molar-refractivity contribution >= 4 is 32.8 Å². The van der Waals surface area contributed by atoms with Crippen LogP contribution in [0, 0.1) is 0 Å². The molecule has 5 heteroatoms. The first-order valence-corrected chi connectivity index (χ1v) is 6.38. The van der Waals surface area contributed by atoms with E-state index in [1.54, 1.807) is 0 Å². The van der Waals surface area contributed by atoms with Gasteiger partial charge in [0.05, 0.1) is 11.6 Å². The van der Waals surface area contributed by atoms with Crippen molar-refractivity contribution in [2.45, 2.75) is 6.04 Å². The molecule has 4 nitrogen and oxygen atoms in total. The SMILES string of the molecule is CN1CC(Nc2ncc3cccc(Br)c3n2)C1. The van der Waals surface area contributed by atoms with Crippen molar-refractivity contribution in [2.75, 3.05) is 25.5 Å². The lowest BCUT2D eigenvalue weighted by atomic mass is 10.1. The summed E-state index contributed by atoms with van der Waals surface area (Å²) in [6, 6.07) is 6.47. The molecule has 1 saturated heterocycles. The molecule has 0 radical (unpaired) electrons. The van der Waals surface area contributed by atoms with Crippen molar-refractivity contribution in [2.24, 2.45) is 0 Å². The lowest BCUT2D eigenvalue weighted by Crippen LogP contribution is -2.52. The molecule has 88 valence electrons. The zero-order chi connectivity index (χ0) is 11.8. The van der Waals surface area contributed by atoms with Gasteiger partial charge in [0.15, 0.2) is 0 Å². The van der Waals surface area contributed by atoms with Crippen LogP contribution in [0.2, 0.25) is 0 Å². The van der Waals surface area contributed by atoms with Gasteiger partial charge in [0.25, 0.3) is 0 Å². The van der Waals surface area contributed by atoms with Gasteiger partial charge in [0.1, 0.15) is 0 Å². The molecule has 1 fully saturated rings. The molecule has 1 aromatic heterocycles. The number of fused-ring (bicyclic) bond motifs is 1. The number of nitrogens with zero attached hydrogens (tertiary/aromatic N) is 3. The summed E-state index contributed by atoms with van der Waals surface area (Å²) in [5, 5.41) is 4.39. The van der Waals surface area contributed by atoms with Gasteiger partial charge in [-0.15, -0.1) is 0 Å². The van der Waals surface area contributed by atoms with Gasteiger partial charge in [-0.2, -0.15) is 0 Å². The van der Waals surface area contributed by atoms with Crippen molar-refractivity contribution in [1.29, 1.82) is 0 Å². The van der Waals surface area contributed by atoms with Gasteiger partial charge in [0.2, 0.25) is 5.95 Å². The minimum absolute atomic E-state index is 0.472. The molecule has 3 rings (SSSR count). The number of para-hydroxylation sites is 1. The maximum absolute atomic E-state index is 4.53. The molecule has 0 bridgehead atoms. The highest BCUT2D eigenvalue weighted by molar-refractivity contribution is 9.10. The Morgan fingerprint density at radius 3 is 3.00 bits per heavy atom. The van der Waals surface area contributed by atoms with Gasteiger partial charge in [0, 0.05) is 29.1 Å². The van der Waals surface area contributed by atoms with E-state index in [9.17, 15) is 0 Å². The Kier molecular flexibility index (Phi) is 2.72. The molecule has 0 spiro atoms. The number of benzene rings is 1. The van der Waals surface area contributed by atoms with Crippen LogP contribution in [0.15, 0.2) is 28.9 Å². The van der Waals surface area contributed by atoms with E-state index in [4.69, 9.17) is 0 Å². The van der Waals surface area contributed by atoms with Gasteiger partial charge in [-0.05, 0) is 29.0 Å². The zero-order valence-electron chi connectivity index (χ0n) is 9.52. The first kappa shape index (κ1) is 10.9. The van der Waals surface area contributed by atoms with Crippen LogP contribution in [0.4, 0.5) is 5.95 Å². The van der Waals surface area contributed by atoms with Crippen LogP contribution >= 0.6 is 15.9 Å². The fourth-order valence-electron chi connectivity index (χ4n) is 2.06. The van der Waals surface area contributed by atoms with Crippen LogP contribution in [0.25, 0.3) is 10.9 Å². The van der Waals surface area contributed by atoms with E-state index in [0.29, 0.717) is 12.0 Å². The summed E-state index contributed by atoms with van der Waals surface area (Å²) < 4.78 is 1.01. The van der Waals surface area contributed by atoms with Crippen molar-refractivity contribution in [3.05, 3.63) is 28.9 Å². The number of likely N-dealkylation sites (tertiary alicyclic amines) is 1. The monoisotopic (exact) mass is 292 g/mol. The predicted octanol–water partition coefficient (Wildman–Crippen LogP) is 2.12. The highest BCUT2D eigenvalue weighted by Gasteiger charge is 2.23. The molecule has 2 aromatic rings. The minimum atomic E-state index is 0.472. The quantitative estimate of drug-likeness (QED) is 0.921. The number of hydrogen-bond donors (Lipinski definition) is 1. The smallest absolute Gasteiger partial charge is 0.223 e. The maximum Gasteiger partial charge on any atom is 0.223 e. The van der Waals surface area contributed by atoms with Crippen LogP contribution in [0.3, 0.4) is 0 Å². The number of anilines is 1. The molecule has 0 unspecified atom stereocenters. The Morgan fingerprint density at radius 2 is 2.24 bits per heavy atom. The molecular formula is C12H13BrN4. The summed E-state index contributed by atoms with van der Waals surface area (Å²) in [5.74, 6) is 0.711. The molecule has 0 atom stereocenters. The van der Waals surface area contributed by atoms with Gasteiger partial charge in [-0.3, -0.25) is 0 Å². The first-order chi connectivity index (χ1) is 8.22. The fraction of sp³-hybridized carbons (Fsp3) is 0.333. The average molecular weight is 293 g/mol. The van der Waals surface area contributed by atoms with Gasteiger partial charge >= 0.3 is 0 Å². The molecule has 1 aliphatic rings. The summed E-state index contributed by atoms with van der Waals surface area (Å²) >= 11 is 3.51. The third kappa shape index (κ3) is 2.12. The highest BCUT2D eigenvalue weighted by Crippen LogP contribution is 2.22. The van der Waals surface area contributed by atoms with E-state index in [1.165, 1.54) is 0 Å². The van der Waals surface area contributed by atoms with Crippen LogP contribution < -0.4 is 5.32 Å². The fourth-order valence-corrected chi connectivity index (χ4v) is 2.53. The predicted molar refractivity (Wildman–Crippen MR) is 72.1 cm³/mol. The minimum Gasteiger partial charge on any atom is -0.349 e. The number of nitrogens with one attached hydrogen (secondary N) is 1. The van der Waals surface area contributed by atoms with E-state index < -0.39 is 0 Å². The Bertz CT molecular complexity index is 551. The normalized spacial score (nSPS) is 17.1. The molecule has 17 heavy (non-hydrogen) atoms. The van der Waals surface area contributed by atoms with Gasteiger partial charge in [-0.1, -0.05) is 12.1 Å². The molecule has 1 aromatic carbocycles. The standard InChI is InChI=1S/C12H13BrN4/c1-17-6-9(7-17)15-12-14-5-8-3-2-4-10(13)11(8)16-12/h2-5,9H,6-7H2,1H3,(H,14,15,16). The topological polar surface area (TPSA) is 41.0 Å². The summed E-state index contributed by atoms with van der Waals surface area (Å²) in [6.45, 7) is 2.11. The third-order valence-electron chi connectivity index (χ3n) is 2.96. The second kappa shape index (κ2) is 4.23. The number of aromatic nitrogens is 2. The lowest BCUT2D eigenvalue weighted by molar-refractivity contribution is 0.204. The van der Waals surface area contributed by atoms with Gasteiger partial charge in [-0.25, -0.2) is 9.97 Å². The lowest BCUT2D eigenvalue weighted by Gasteiger charge is -2.36. The van der Waals surface area contributed by atoms with Crippen LogP contribution in [0.5, 0.6) is 0 Å². The number of rotatable bonds is 2. The van der Waals surface area contributed by atoms with Gasteiger partial charge < -0.3 is 10.2 Å². The number of likely N-dealkylation sites (N-methyl/N-ethyl adjacent to an activating group) is 1. The second-order valence-corrected chi connectivity index (χ2v) is 5.29. The van der Waals surface area contributed by atoms with E-state index >= 15 is 0 Å².